The highest BCUT2D eigenvalue weighted by atomic mass is 35.5. The number of rotatable bonds is 4. The Hall–Kier alpha value is -1.51. The van der Waals surface area contributed by atoms with Gasteiger partial charge < -0.3 is 29.2 Å². The van der Waals surface area contributed by atoms with Crippen LogP contribution in [0.15, 0.2) is 42.5 Å². The third kappa shape index (κ3) is 4.34. The molecule has 2 N–H and O–H groups in total. The first kappa shape index (κ1) is 20.8. The standard InChI is InChI=1S/C22H25ClO6/c1-12-3-4-15(9-13(12)2)21-26-11-18-20(29-21)19(17(25)10-24)28-22(27-18)14-5-7-16(23)8-6-14/h3-9,17-22,24-25H,10-11H2,1-2H3/t17-,18+,19-,20-,21?,22?/m1/s1. The Kier molecular flexibility index (Phi) is 6.22. The average molecular weight is 421 g/mol. The van der Waals surface area contributed by atoms with Gasteiger partial charge in [0.25, 0.3) is 0 Å². The number of hydrogen-bond acceptors (Lipinski definition) is 6. The molecule has 2 saturated heterocycles. The third-order valence-electron chi connectivity index (χ3n) is 5.47. The zero-order chi connectivity index (χ0) is 20.5. The molecular weight excluding hydrogens is 396 g/mol. The normalized spacial score (nSPS) is 30.6. The van der Waals surface area contributed by atoms with Gasteiger partial charge in [0.2, 0.25) is 0 Å². The van der Waals surface area contributed by atoms with Gasteiger partial charge in [0, 0.05) is 16.1 Å². The molecule has 0 bridgehead atoms. The quantitative estimate of drug-likeness (QED) is 0.791. The van der Waals surface area contributed by atoms with E-state index in [0.29, 0.717) is 5.02 Å². The lowest BCUT2D eigenvalue weighted by Crippen LogP contribution is -2.58. The van der Waals surface area contributed by atoms with Crippen LogP contribution in [0.4, 0.5) is 0 Å². The molecule has 2 aromatic carbocycles. The zero-order valence-electron chi connectivity index (χ0n) is 16.3. The van der Waals surface area contributed by atoms with Gasteiger partial charge in [-0.15, -0.1) is 0 Å². The molecule has 2 aliphatic rings. The number of ether oxygens (including phenoxy) is 4. The van der Waals surface area contributed by atoms with Crippen LogP contribution in [0.25, 0.3) is 0 Å². The molecular formula is C22H25ClO6. The van der Waals surface area contributed by atoms with Crippen molar-refractivity contribution in [1.29, 1.82) is 0 Å². The maximum Gasteiger partial charge on any atom is 0.184 e. The van der Waals surface area contributed by atoms with E-state index < -0.39 is 43.6 Å². The summed E-state index contributed by atoms with van der Waals surface area (Å²) in [5, 5.41) is 20.5. The van der Waals surface area contributed by atoms with Crippen LogP contribution in [-0.2, 0) is 18.9 Å². The van der Waals surface area contributed by atoms with Crippen molar-refractivity contribution in [3.8, 4) is 0 Å². The molecule has 2 aliphatic heterocycles. The molecule has 2 fully saturated rings. The molecule has 0 saturated carbocycles. The van der Waals surface area contributed by atoms with Crippen LogP contribution in [0.3, 0.4) is 0 Å². The van der Waals surface area contributed by atoms with E-state index in [0.717, 1.165) is 16.7 Å². The highest BCUT2D eigenvalue weighted by molar-refractivity contribution is 6.30. The summed E-state index contributed by atoms with van der Waals surface area (Å²) in [4.78, 5) is 0. The van der Waals surface area contributed by atoms with Gasteiger partial charge in [0.15, 0.2) is 12.6 Å². The van der Waals surface area contributed by atoms with Crippen molar-refractivity contribution < 1.29 is 29.2 Å². The van der Waals surface area contributed by atoms with E-state index in [2.05, 4.69) is 0 Å². The van der Waals surface area contributed by atoms with Crippen LogP contribution >= 0.6 is 11.6 Å². The van der Waals surface area contributed by atoms with Gasteiger partial charge >= 0.3 is 0 Å². The molecule has 0 radical (unpaired) electrons. The Bertz CT molecular complexity index is 842. The number of aliphatic hydroxyl groups is 2. The Morgan fingerprint density at radius 1 is 0.966 bits per heavy atom. The smallest absolute Gasteiger partial charge is 0.184 e. The molecule has 6 nitrogen and oxygen atoms in total. The van der Waals surface area contributed by atoms with E-state index in [4.69, 9.17) is 30.5 Å². The fourth-order valence-electron chi connectivity index (χ4n) is 3.64. The number of aliphatic hydroxyl groups excluding tert-OH is 2. The van der Waals surface area contributed by atoms with Gasteiger partial charge in [0.1, 0.15) is 24.4 Å². The first-order valence-electron chi connectivity index (χ1n) is 9.66. The Balaban J connectivity index is 1.56. The van der Waals surface area contributed by atoms with E-state index in [-0.39, 0.29) is 6.61 Å². The monoisotopic (exact) mass is 420 g/mol. The Labute approximate surface area is 174 Å². The molecule has 29 heavy (non-hydrogen) atoms. The molecule has 0 spiro atoms. The first-order valence-corrected chi connectivity index (χ1v) is 10.0. The van der Waals surface area contributed by atoms with Gasteiger partial charge in [-0.25, -0.2) is 0 Å². The zero-order valence-corrected chi connectivity index (χ0v) is 17.1. The van der Waals surface area contributed by atoms with Crippen molar-refractivity contribution in [2.75, 3.05) is 13.2 Å². The van der Waals surface area contributed by atoms with E-state index in [1.165, 1.54) is 5.56 Å². The Morgan fingerprint density at radius 2 is 1.69 bits per heavy atom. The molecule has 7 heteroatoms. The van der Waals surface area contributed by atoms with Gasteiger partial charge in [0.05, 0.1) is 13.2 Å². The van der Waals surface area contributed by atoms with Crippen molar-refractivity contribution in [3.63, 3.8) is 0 Å². The highest BCUT2D eigenvalue weighted by Gasteiger charge is 2.48. The molecule has 0 aromatic heterocycles. The number of halogens is 1. The van der Waals surface area contributed by atoms with Gasteiger partial charge in [-0.3, -0.25) is 0 Å². The molecule has 0 aliphatic carbocycles. The second-order valence-corrected chi connectivity index (χ2v) is 7.95. The Morgan fingerprint density at radius 3 is 2.38 bits per heavy atom. The van der Waals surface area contributed by atoms with Gasteiger partial charge in [-0.2, -0.15) is 0 Å². The van der Waals surface area contributed by atoms with Crippen LogP contribution in [0, 0.1) is 13.8 Å². The van der Waals surface area contributed by atoms with E-state index in [9.17, 15) is 10.2 Å². The lowest BCUT2D eigenvalue weighted by molar-refractivity contribution is -0.373. The summed E-state index contributed by atoms with van der Waals surface area (Å²) in [6.45, 7) is 3.92. The molecule has 6 atom stereocenters. The maximum atomic E-state index is 10.4. The fraction of sp³-hybridized carbons (Fsp3) is 0.455. The SMILES string of the molecule is Cc1ccc(C2OC[C@@H]3OC(c4ccc(Cl)cc4)O[C@H]([C@H](O)CO)[C@@H]3O2)cc1C. The van der Waals surface area contributed by atoms with Crippen molar-refractivity contribution in [2.24, 2.45) is 0 Å². The number of benzene rings is 2. The van der Waals surface area contributed by atoms with Crippen molar-refractivity contribution in [3.05, 3.63) is 69.7 Å². The lowest BCUT2D eigenvalue weighted by atomic mass is 9.99. The molecule has 2 aromatic rings. The first-order chi connectivity index (χ1) is 14.0. The fourth-order valence-corrected chi connectivity index (χ4v) is 3.77. The maximum absolute atomic E-state index is 10.4. The van der Waals surface area contributed by atoms with Crippen LogP contribution < -0.4 is 0 Å². The van der Waals surface area contributed by atoms with E-state index in [1.54, 1.807) is 24.3 Å². The molecule has 2 unspecified atom stereocenters. The van der Waals surface area contributed by atoms with Crippen LogP contribution in [-0.4, -0.2) is 47.8 Å². The second kappa shape index (κ2) is 8.70. The van der Waals surface area contributed by atoms with Crippen molar-refractivity contribution in [2.45, 2.75) is 50.8 Å². The summed E-state index contributed by atoms with van der Waals surface area (Å²) in [6, 6.07) is 13.1. The van der Waals surface area contributed by atoms with Gasteiger partial charge in [-0.1, -0.05) is 41.9 Å². The highest BCUT2D eigenvalue weighted by Crippen LogP contribution is 2.39. The minimum Gasteiger partial charge on any atom is -0.394 e. The molecule has 0 amide bonds. The predicted molar refractivity (Wildman–Crippen MR) is 107 cm³/mol. The summed E-state index contributed by atoms with van der Waals surface area (Å²) in [5.41, 5.74) is 3.98. The minimum atomic E-state index is -1.11. The van der Waals surface area contributed by atoms with E-state index in [1.807, 2.05) is 32.0 Å². The summed E-state index contributed by atoms with van der Waals surface area (Å²) >= 11 is 5.96. The third-order valence-corrected chi connectivity index (χ3v) is 5.73. The number of fused-ring (bicyclic) bond motifs is 1. The summed E-state index contributed by atoms with van der Waals surface area (Å²) in [6.07, 6.45) is -4.22. The topological polar surface area (TPSA) is 77.4 Å². The summed E-state index contributed by atoms with van der Waals surface area (Å²) in [7, 11) is 0. The van der Waals surface area contributed by atoms with Crippen LogP contribution in [0.5, 0.6) is 0 Å². The van der Waals surface area contributed by atoms with Crippen molar-refractivity contribution in [1.82, 2.24) is 0 Å². The summed E-state index contributed by atoms with van der Waals surface area (Å²) < 4.78 is 24.1. The van der Waals surface area contributed by atoms with Crippen LogP contribution in [0.1, 0.15) is 34.8 Å². The molecule has 2 heterocycles. The average Bonchev–Trinajstić information content (AvgIpc) is 2.74. The number of hydrogen-bond donors (Lipinski definition) is 2. The molecule has 4 rings (SSSR count). The van der Waals surface area contributed by atoms with Crippen molar-refractivity contribution >= 4 is 11.6 Å². The van der Waals surface area contributed by atoms with Crippen LogP contribution in [0.2, 0.25) is 5.02 Å². The second-order valence-electron chi connectivity index (χ2n) is 7.52. The predicted octanol–water partition coefficient (Wildman–Crippen LogP) is 3.21. The summed E-state index contributed by atoms with van der Waals surface area (Å²) in [5.74, 6) is 0. The number of aryl methyl sites for hydroxylation is 2. The van der Waals surface area contributed by atoms with Gasteiger partial charge in [-0.05, 0) is 37.1 Å². The largest absolute Gasteiger partial charge is 0.394 e. The molecule has 156 valence electrons. The minimum absolute atomic E-state index is 0.282. The van der Waals surface area contributed by atoms with E-state index >= 15 is 0 Å². The lowest BCUT2D eigenvalue weighted by Gasteiger charge is -2.47.